The summed E-state index contributed by atoms with van der Waals surface area (Å²) < 4.78 is 5.16. The molecule has 1 aliphatic rings. The molecule has 1 aliphatic carbocycles. The second kappa shape index (κ2) is 9.54. The van der Waals surface area contributed by atoms with Gasteiger partial charge < -0.3 is 15.1 Å². The van der Waals surface area contributed by atoms with Crippen molar-refractivity contribution in [3.63, 3.8) is 0 Å². The van der Waals surface area contributed by atoms with Crippen molar-refractivity contribution in [2.75, 3.05) is 11.9 Å². The fourth-order valence-corrected chi connectivity index (χ4v) is 4.07. The van der Waals surface area contributed by atoms with Crippen LogP contribution in [0.2, 0.25) is 0 Å². The third-order valence-corrected chi connectivity index (χ3v) is 5.69. The molecule has 2 aromatic rings. The molecular formula is C23H29N3O3. The van der Waals surface area contributed by atoms with Crippen molar-refractivity contribution in [2.24, 2.45) is 23.7 Å². The fourth-order valence-electron chi connectivity index (χ4n) is 4.07. The second-order valence-corrected chi connectivity index (χ2v) is 8.07. The molecule has 2 N–H and O–H groups in total. The Bertz CT molecular complexity index is 844. The molecule has 0 spiro atoms. The monoisotopic (exact) mass is 395 g/mol. The van der Waals surface area contributed by atoms with E-state index in [2.05, 4.69) is 42.5 Å². The Morgan fingerprint density at radius 2 is 2.07 bits per heavy atom. The SMILES string of the molecule is CC1=C[C@@H](CNC(=O)c2ccco2)[C@H](C(C)C)C[C@H]1CC(=O)Nc1ccccn1. The van der Waals surface area contributed by atoms with Gasteiger partial charge in [-0.05, 0) is 61.3 Å². The van der Waals surface area contributed by atoms with Gasteiger partial charge in [-0.15, -0.1) is 0 Å². The molecule has 0 saturated heterocycles. The molecule has 29 heavy (non-hydrogen) atoms. The molecule has 0 aromatic carbocycles. The minimum atomic E-state index is -0.194. The zero-order chi connectivity index (χ0) is 20.8. The van der Waals surface area contributed by atoms with Crippen molar-refractivity contribution < 1.29 is 14.0 Å². The number of carbonyl (C=O) groups is 2. The summed E-state index contributed by atoms with van der Waals surface area (Å²) in [5, 5.41) is 5.86. The molecule has 0 fully saturated rings. The molecule has 0 bridgehead atoms. The number of aromatic nitrogens is 1. The van der Waals surface area contributed by atoms with Crippen LogP contribution in [-0.4, -0.2) is 23.3 Å². The van der Waals surface area contributed by atoms with Crippen molar-refractivity contribution in [3.05, 3.63) is 60.2 Å². The number of amides is 2. The lowest BCUT2D eigenvalue weighted by molar-refractivity contribution is -0.117. The van der Waals surface area contributed by atoms with Gasteiger partial charge in [0, 0.05) is 19.2 Å². The van der Waals surface area contributed by atoms with E-state index < -0.39 is 0 Å². The van der Waals surface area contributed by atoms with Crippen molar-refractivity contribution in [1.82, 2.24) is 10.3 Å². The molecule has 0 saturated carbocycles. The number of nitrogens with zero attached hydrogens (tertiary/aromatic N) is 1. The highest BCUT2D eigenvalue weighted by Crippen LogP contribution is 2.38. The Balaban J connectivity index is 1.62. The van der Waals surface area contributed by atoms with Crippen LogP contribution < -0.4 is 10.6 Å². The quantitative estimate of drug-likeness (QED) is 0.685. The van der Waals surface area contributed by atoms with Gasteiger partial charge in [-0.25, -0.2) is 4.98 Å². The molecule has 0 radical (unpaired) electrons. The summed E-state index contributed by atoms with van der Waals surface area (Å²) in [6.07, 6.45) is 6.76. The molecule has 2 aromatic heterocycles. The predicted octanol–water partition coefficient (Wildman–Crippen LogP) is 4.29. The van der Waals surface area contributed by atoms with E-state index in [1.54, 1.807) is 24.4 Å². The van der Waals surface area contributed by atoms with E-state index in [9.17, 15) is 9.59 Å². The number of nitrogens with one attached hydrogen (secondary N) is 2. The standard InChI is InChI=1S/C23H29N3O3/c1-15(2)19-12-17(13-22(27)26-21-8-4-5-9-24-21)16(3)11-18(19)14-25-23(28)20-7-6-10-29-20/h4-11,15,17-19H,12-14H2,1-3H3,(H,25,28)(H,24,26,27)/t17-,18-,19-/m0/s1. The van der Waals surface area contributed by atoms with E-state index in [0.717, 1.165) is 6.42 Å². The average molecular weight is 396 g/mol. The zero-order valence-corrected chi connectivity index (χ0v) is 17.2. The number of allylic oxidation sites excluding steroid dienone is 1. The third-order valence-electron chi connectivity index (χ3n) is 5.69. The van der Waals surface area contributed by atoms with E-state index >= 15 is 0 Å². The van der Waals surface area contributed by atoms with E-state index in [1.165, 1.54) is 11.8 Å². The fraction of sp³-hybridized carbons (Fsp3) is 0.435. The van der Waals surface area contributed by atoms with Gasteiger partial charge in [0.05, 0.1) is 6.26 Å². The van der Waals surface area contributed by atoms with Gasteiger partial charge in [0.15, 0.2) is 5.76 Å². The Kier molecular flexibility index (Phi) is 6.86. The molecule has 3 rings (SSSR count). The molecule has 2 heterocycles. The van der Waals surface area contributed by atoms with Crippen LogP contribution in [0.5, 0.6) is 0 Å². The van der Waals surface area contributed by atoms with Gasteiger partial charge in [-0.3, -0.25) is 9.59 Å². The van der Waals surface area contributed by atoms with Crippen molar-refractivity contribution >= 4 is 17.6 Å². The first kappa shape index (κ1) is 20.8. The summed E-state index contributed by atoms with van der Waals surface area (Å²) in [5.74, 6) is 1.97. The highest BCUT2D eigenvalue weighted by Gasteiger charge is 2.32. The molecular weight excluding hydrogens is 366 g/mol. The summed E-state index contributed by atoms with van der Waals surface area (Å²) in [6, 6.07) is 8.83. The number of carbonyl (C=O) groups excluding carboxylic acids is 2. The molecule has 6 nitrogen and oxygen atoms in total. The van der Waals surface area contributed by atoms with Crippen LogP contribution in [0.1, 0.15) is 44.2 Å². The first-order chi connectivity index (χ1) is 13.9. The minimum absolute atomic E-state index is 0.0199. The van der Waals surface area contributed by atoms with Gasteiger partial charge in [0.25, 0.3) is 5.91 Å². The normalized spacial score (nSPS) is 21.5. The largest absolute Gasteiger partial charge is 0.459 e. The van der Waals surface area contributed by atoms with E-state index in [4.69, 9.17) is 4.42 Å². The molecule has 6 heteroatoms. The lowest BCUT2D eigenvalue weighted by Gasteiger charge is -2.37. The summed E-state index contributed by atoms with van der Waals surface area (Å²) in [7, 11) is 0. The predicted molar refractivity (Wildman–Crippen MR) is 112 cm³/mol. The first-order valence-corrected chi connectivity index (χ1v) is 10.1. The lowest BCUT2D eigenvalue weighted by atomic mass is 9.69. The van der Waals surface area contributed by atoms with Crippen LogP contribution in [0.25, 0.3) is 0 Å². The Hall–Kier alpha value is -2.89. The van der Waals surface area contributed by atoms with Crippen molar-refractivity contribution in [3.8, 4) is 0 Å². The zero-order valence-electron chi connectivity index (χ0n) is 17.2. The van der Waals surface area contributed by atoms with E-state index in [0.29, 0.717) is 36.4 Å². The van der Waals surface area contributed by atoms with Gasteiger partial charge in [-0.2, -0.15) is 0 Å². The lowest BCUT2D eigenvalue weighted by Crippen LogP contribution is -2.37. The van der Waals surface area contributed by atoms with Crippen LogP contribution >= 0.6 is 0 Å². The van der Waals surface area contributed by atoms with Gasteiger partial charge in [0.1, 0.15) is 5.82 Å². The highest BCUT2D eigenvalue weighted by atomic mass is 16.3. The number of hydrogen-bond acceptors (Lipinski definition) is 4. The van der Waals surface area contributed by atoms with E-state index in [-0.39, 0.29) is 23.7 Å². The summed E-state index contributed by atoms with van der Waals surface area (Å²) >= 11 is 0. The molecule has 154 valence electrons. The van der Waals surface area contributed by atoms with Crippen LogP contribution in [0.3, 0.4) is 0 Å². The second-order valence-electron chi connectivity index (χ2n) is 8.07. The van der Waals surface area contributed by atoms with Gasteiger partial charge >= 0.3 is 0 Å². The van der Waals surface area contributed by atoms with Crippen LogP contribution in [-0.2, 0) is 4.79 Å². The van der Waals surface area contributed by atoms with Crippen molar-refractivity contribution in [2.45, 2.75) is 33.6 Å². The number of rotatable bonds is 7. The smallest absolute Gasteiger partial charge is 0.286 e. The maximum absolute atomic E-state index is 12.5. The van der Waals surface area contributed by atoms with Crippen LogP contribution in [0.4, 0.5) is 5.82 Å². The maximum Gasteiger partial charge on any atom is 0.286 e. The van der Waals surface area contributed by atoms with E-state index in [1.807, 2.05) is 12.1 Å². The number of furan rings is 1. The molecule has 0 unspecified atom stereocenters. The van der Waals surface area contributed by atoms with Crippen molar-refractivity contribution in [1.29, 1.82) is 0 Å². The Labute approximate surface area is 171 Å². The highest BCUT2D eigenvalue weighted by molar-refractivity contribution is 5.91. The number of anilines is 1. The molecule has 2 amide bonds. The summed E-state index contributed by atoms with van der Waals surface area (Å²) in [5.41, 5.74) is 1.20. The average Bonchev–Trinajstić information content (AvgIpc) is 3.23. The first-order valence-electron chi connectivity index (χ1n) is 10.1. The topological polar surface area (TPSA) is 84.2 Å². The van der Waals surface area contributed by atoms with Crippen LogP contribution in [0, 0.1) is 23.7 Å². The molecule has 0 aliphatic heterocycles. The third kappa shape index (κ3) is 5.56. The van der Waals surface area contributed by atoms with Gasteiger partial charge in [-0.1, -0.05) is 31.6 Å². The van der Waals surface area contributed by atoms with Gasteiger partial charge in [0.2, 0.25) is 5.91 Å². The maximum atomic E-state index is 12.5. The number of pyridine rings is 1. The minimum Gasteiger partial charge on any atom is -0.459 e. The van der Waals surface area contributed by atoms with Crippen LogP contribution in [0.15, 0.2) is 58.9 Å². The summed E-state index contributed by atoms with van der Waals surface area (Å²) in [6.45, 7) is 7.04. The Morgan fingerprint density at radius 3 is 2.72 bits per heavy atom. The number of hydrogen-bond donors (Lipinski definition) is 2. The molecule has 3 atom stereocenters. The Morgan fingerprint density at radius 1 is 1.24 bits per heavy atom. The summed E-state index contributed by atoms with van der Waals surface area (Å²) in [4.78, 5) is 28.8.